The van der Waals surface area contributed by atoms with Crippen LogP contribution in [0.3, 0.4) is 0 Å². The molecular weight excluding hydrogens is 640 g/mol. The van der Waals surface area contributed by atoms with Crippen molar-refractivity contribution < 1.29 is 66.2 Å². The van der Waals surface area contributed by atoms with Crippen molar-refractivity contribution in [3.63, 3.8) is 0 Å². The van der Waals surface area contributed by atoms with Crippen molar-refractivity contribution in [1.29, 1.82) is 0 Å². The van der Waals surface area contributed by atoms with Crippen LogP contribution < -0.4 is 25.0 Å². The van der Waals surface area contributed by atoms with E-state index in [0.29, 0.717) is 13.1 Å². The van der Waals surface area contributed by atoms with E-state index in [0.717, 1.165) is 22.4 Å². The molecule has 0 aliphatic rings. The van der Waals surface area contributed by atoms with Crippen LogP contribution in [0.2, 0.25) is 0 Å². The van der Waals surface area contributed by atoms with Crippen molar-refractivity contribution >= 4 is 39.5 Å². The van der Waals surface area contributed by atoms with E-state index in [1.165, 1.54) is 11.0 Å². The number of alkyl halides is 3. The first-order valence-corrected chi connectivity index (χ1v) is 14.2. The lowest BCUT2D eigenvalue weighted by atomic mass is 10.1. The number of aromatic nitrogens is 4. The molecule has 3 aromatic rings. The third-order valence-electron chi connectivity index (χ3n) is 5.59. The maximum Gasteiger partial charge on any atom is 0.430 e. The molecule has 0 bridgehead atoms. The second-order valence-electron chi connectivity index (χ2n) is 8.63. The summed E-state index contributed by atoms with van der Waals surface area (Å²) < 4.78 is 111. The third-order valence-corrected chi connectivity index (χ3v) is 6.71. The molecule has 0 saturated heterocycles. The van der Waals surface area contributed by atoms with E-state index in [2.05, 4.69) is 10.2 Å². The highest BCUT2D eigenvalue weighted by atomic mass is 32.5. The molecule has 2 aromatic heterocycles. The predicted octanol–water partition coefficient (Wildman–Crippen LogP) is 3.33. The number of nitrogens with zero attached hydrogens (tertiary/aromatic N) is 5. The number of rotatable bonds is 10. The van der Waals surface area contributed by atoms with Crippen LogP contribution in [-0.2, 0) is 11.3 Å². The maximum absolute atomic E-state index is 13.4. The van der Waals surface area contributed by atoms with Gasteiger partial charge in [-0.15, -0.1) is 4.68 Å². The lowest BCUT2D eigenvalue weighted by Gasteiger charge is -2.40. The van der Waals surface area contributed by atoms with Gasteiger partial charge in [0.15, 0.2) is 6.54 Å². The summed E-state index contributed by atoms with van der Waals surface area (Å²) in [4.78, 5) is 34.0. The van der Waals surface area contributed by atoms with Crippen molar-refractivity contribution in [2.75, 3.05) is 32.5 Å². The summed E-state index contributed by atoms with van der Waals surface area (Å²) in [5.41, 5.74) is 5.30. The van der Waals surface area contributed by atoms with Gasteiger partial charge in [-0.1, -0.05) is 23.9 Å². The normalized spacial score (nSPS) is 13.3. The Labute approximate surface area is 243 Å². The largest absolute Gasteiger partial charge is 0.542 e. The molecule has 0 atom stereocenters. The topological polar surface area (TPSA) is 156 Å². The van der Waals surface area contributed by atoms with Gasteiger partial charge in [0.2, 0.25) is 5.78 Å². The molecule has 44 heavy (non-hydrogen) atoms. The molecule has 0 aliphatic carbocycles. The number of ketones is 1. The maximum atomic E-state index is 13.4. The summed E-state index contributed by atoms with van der Waals surface area (Å²) >= 11 is 0. The molecule has 21 heteroatoms. The molecule has 0 radical (unpaired) electrons. The molecule has 0 fully saturated rings. The zero-order valence-electron chi connectivity index (χ0n) is 23.3. The summed E-state index contributed by atoms with van der Waals surface area (Å²) in [7, 11) is -9.13. The van der Waals surface area contributed by atoms with Crippen LogP contribution in [0.15, 0.2) is 29.2 Å². The Hall–Kier alpha value is -4.43. The number of nitrogen functional groups attached to an aromatic ring is 1. The van der Waals surface area contributed by atoms with Gasteiger partial charge in [0.1, 0.15) is 22.2 Å². The Morgan fingerprint density at radius 1 is 1.05 bits per heavy atom. The van der Waals surface area contributed by atoms with Gasteiger partial charge in [-0.2, -0.15) is 13.2 Å². The molecule has 0 aliphatic heterocycles. The summed E-state index contributed by atoms with van der Waals surface area (Å²) in [5, 5.41) is 17.0. The predicted molar refractivity (Wildman–Crippen MR) is 136 cm³/mol. The van der Waals surface area contributed by atoms with Gasteiger partial charge < -0.3 is 30.0 Å². The first-order valence-electron chi connectivity index (χ1n) is 12.2. The SMILES string of the molecule is CCOc1nn2c(N)n[n+](CC(=O)c3cc(OC)cc(S(F)(F)(F)(F)F)c3)c2cc1C(=O)N(CC)CC.O=C([O-])C(F)(F)F. The zero-order valence-corrected chi connectivity index (χ0v) is 24.1. The average molecular weight is 667 g/mol. The number of fused-ring (bicyclic) bond motifs is 1. The molecule has 1 aromatic carbocycles. The number of methoxy groups -OCH3 is 1. The van der Waals surface area contributed by atoms with Crippen molar-refractivity contribution in [3.8, 4) is 11.6 Å². The number of Topliss-reactive ketones (excluding diaryl/α,β-unsaturated/α-hetero) is 1. The number of ether oxygens (including phenoxy) is 2. The number of carbonyl (C=O) groups is 3. The third kappa shape index (κ3) is 8.57. The number of amides is 1. The van der Waals surface area contributed by atoms with Crippen LogP contribution in [0, 0.1) is 0 Å². The monoisotopic (exact) mass is 666 g/mol. The molecule has 3 rings (SSSR count). The lowest BCUT2D eigenvalue weighted by molar-refractivity contribution is -0.714. The molecular formula is C23H26F8N6O6S. The number of benzene rings is 1. The quantitative estimate of drug-likeness (QED) is 0.195. The Balaban J connectivity index is 0.000000860. The van der Waals surface area contributed by atoms with Gasteiger partial charge in [0.25, 0.3) is 11.8 Å². The molecule has 0 spiro atoms. The number of carboxylic acids is 1. The van der Waals surface area contributed by atoms with E-state index in [-0.39, 0.29) is 41.8 Å². The standard InChI is InChI=1S/C21H25F5N6O4S.C2HF3O2/c1-5-30(6-2)20(34)16-11-18-31(29-21(27)32(18)28-19(16)36-7-3)12-17(33)13-8-14(35-4)10-15(9-13)37(22,23,24,25)26;3-2(4,5)1(6)7/h8-11H,5-7,12H2,1-4H3,(H-,27,28,29,34);(H,6,7). The van der Waals surface area contributed by atoms with Crippen molar-refractivity contribution in [1.82, 2.24) is 19.6 Å². The number of nitrogens with two attached hydrogens (primary N) is 1. The summed E-state index contributed by atoms with van der Waals surface area (Å²) in [6.07, 6.45) is -5.19. The van der Waals surface area contributed by atoms with Gasteiger partial charge in [0.05, 0.1) is 19.8 Å². The summed E-state index contributed by atoms with van der Waals surface area (Å²) in [6, 6.07) is 2.43. The fourth-order valence-electron chi connectivity index (χ4n) is 3.51. The van der Waals surface area contributed by atoms with Crippen LogP contribution in [0.25, 0.3) is 5.65 Å². The Morgan fingerprint density at radius 2 is 1.61 bits per heavy atom. The first kappa shape index (κ1) is 35.8. The van der Waals surface area contributed by atoms with Crippen LogP contribution in [0.1, 0.15) is 41.5 Å². The number of hydrogen-bond donors (Lipinski definition) is 1. The molecule has 0 unspecified atom stereocenters. The van der Waals surface area contributed by atoms with E-state index < -0.39 is 56.8 Å². The Kier molecular flexibility index (Phi) is 9.69. The minimum Gasteiger partial charge on any atom is -0.542 e. The fraction of sp³-hybridized carbons (Fsp3) is 0.391. The number of hydrogen-bond acceptors (Lipinski definition) is 9. The van der Waals surface area contributed by atoms with E-state index in [1.807, 2.05) is 0 Å². The lowest BCUT2D eigenvalue weighted by Crippen LogP contribution is -2.41. The molecule has 1 amide bonds. The van der Waals surface area contributed by atoms with Gasteiger partial charge in [-0.25, -0.2) is 0 Å². The highest BCUT2D eigenvalue weighted by Crippen LogP contribution is 3.02. The summed E-state index contributed by atoms with van der Waals surface area (Å²) in [6.45, 7) is 5.47. The summed E-state index contributed by atoms with van der Waals surface area (Å²) in [5.74, 6) is -5.27. The van der Waals surface area contributed by atoms with E-state index in [1.54, 1.807) is 20.8 Å². The van der Waals surface area contributed by atoms with Crippen LogP contribution in [0.4, 0.5) is 38.5 Å². The van der Waals surface area contributed by atoms with Gasteiger partial charge in [0, 0.05) is 24.7 Å². The zero-order chi connectivity index (χ0) is 33.9. The number of halogens is 8. The number of carbonyl (C=O) groups excluding carboxylic acids is 3. The van der Waals surface area contributed by atoms with Crippen molar-refractivity contribution in [2.24, 2.45) is 0 Å². The molecule has 246 valence electrons. The van der Waals surface area contributed by atoms with E-state index in [9.17, 15) is 42.2 Å². The van der Waals surface area contributed by atoms with E-state index >= 15 is 0 Å². The van der Waals surface area contributed by atoms with E-state index in [4.69, 9.17) is 25.1 Å². The minimum atomic E-state index is -10.1. The van der Waals surface area contributed by atoms with Crippen molar-refractivity contribution in [3.05, 3.63) is 35.4 Å². The van der Waals surface area contributed by atoms with Gasteiger partial charge >= 0.3 is 28.0 Å². The van der Waals surface area contributed by atoms with Gasteiger partial charge in [-0.3, -0.25) is 9.59 Å². The van der Waals surface area contributed by atoms with Gasteiger partial charge in [-0.05, 0) is 43.1 Å². The highest BCUT2D eigenvalue weighted by Gasteiger charge is 2.65. The molecule has 2 N–H and O–H groups in total. The highest BCUT2D eigenvalue weighted by molar-refractivity contribution is 8.45. The minimum absolute atomic E-state index is 0.0391. The van der Waals surface area contributed by atoms with Crippen LogP contribution >= 0.6 is 10.2 Å². The Bertz CT molecular complexity index is 1580. The first-order chi connectivity index (χ1) is 20.0. The van der Waals surface area contributed by atoms with Crippen LogP contribution in [-0.4, -0.2) is 70.3 Å². The molecule has 2 heterocycles. The second-order valence-corrected chi connectivity index (χ2v) is 11.0. The average Bonchev–Trinajstić information content (AvgIpc) is 3.20. The second kappa shape index (κ2) is 11.9. The number of aliphatic carboxylic acids is 1. The van der Waals surface area contributed by atoms with Crippen LogP contribution in [0.5, 0.6) is 11.6 Å². The number of anilines is 1. The van der Waals surface area contributed by atoms with Crippen molar-refractivity contribution in [2.45, 2.75) is 38.4 Å². The molecule has 0 saturated carbocycles. The molecule has 12 nitrogen and oxygen atoms in total. The smallest absolute Gasteiger partial charge is 0.430 e. The fourth-order valence-corrected chi connectivity index (χ4v) is 4.20. The Morgan fingerprint density at radius 3 is 2.07 bits per heavy atom. The number of carboxylic acid groups (broad SMARTS) is 1.